The molecule has 0 amide bonds. The number of likely N-dealkylation sites (tertiary alicyclic amines) is 1. The molecular weight excluding hydrogens is 312 g/mol. The van der Waals surface area contributed by atoms with Crippen LogP contribution < -0.4 is 5.32 Å². The Morgan fingerprint density at radius 3 is 3.00 bits per heavy atom. The number of fused-ring (bicyclic) bond motifs is 1. The van der Waals surface area contributed by atoms with Crippen LogP contribution in [0.2, 0.25) is 0 Å². The monoisotopic (exact) mass is 336 g/mol. The maximum absolute atomic E-state index is 4.53. The fourth-order valence-corrected chi connectivity index (χ4v) is 3.68. The molecule has 1 N–H and O–H groups in total. The average Bonchev–Trinajstić information content (AvgIpc) is 3.21. The van der Waals surface area contributed by atoms with Crippen molar-refractivity contribution in [3.8, 4) is 0 Å². The SMILES string of the molecule is Cc1cc(C)n2c(CN3CCC(CNc4ccccn4)C3)cnc2n1. The van der Waals surface area contributed by atoms with Crippen molar-refractivity contribution in [3.05, 3.63) is 53.7 Å². The highest BCUT2D eigenvalue weighted by Gasteiger charge is 2.23. The van der Waals surface area contributed by atoms with Gasteiger partial charge in [0.05, 0.1) is 11.9 Å². The smallest absolute Gasteiger partial charge is 0.234 e. The molecule has 6 heteroatoms. The third kappa shape index (κ3) is 3.49. The highest BCUT2D eigenvalue weighted by Crippen LogP contribution is 2.20. The van der Waals surface area contributed by atoms with Crippen LogP contribution in [0.4, 0.5) is 5.82 Å². The molecule has 25 heavy (non-hydrogen) atoms. The van der Waals surface area contributed by atoms with Gasteiger partial charge < -0.3 is 5.32 Å². The molecule has 0 spiro atoms. The van der Waals surface area contributed by atoms with Gasteiger partial charge in [0.2, 0.25) is 5.78 Å². The van der Waals surface area contributed by atoms with E-state index in [1.54, 1.807) is 0 Å². The maximum Gasteiger partial charge on any atom is 0.234 e. The van der Waals surface area contributed by atoms with Crippen LogP contribution in [0.5, 0.6) is 0 Å². The lowest BCUT2D eigenvalue weighted by Gasteiger charge is -2.17. The van der Waals surface area contributed by atoms with Crippen molar-refractivity contribution in [2.45, 2.75) is 26.8 Å². The molecule has 1 fully saturated rings. The summed E-state index contributed by atoms with van der Waals surface area (Å²) >= 11 is 0. The van der Waals surface area contributed by atoms with Gasteiger partial charge in [0, 0.05) is 37.2 Å². The van der Waals surface area contributed by atoms with Crippen molar-refractivity contribution in [1.29, 1.82) is 0 Å². The minimum Gasteiger partial charge on any atom is -0.370 e. The summed E-state index contributed by atoms with van der Waals surface area (Å²) in [5.41, 5.74) is 3.44. The molecule has 6 nitrogen and oxygen atoms in total. The van der Waals surface area contributed by atoms with Crippen LogP contribution in [0, 0.1) is 19.8 Å². The van der Waals surface area contributed by atoms with Crippen molar-refractivity contribution in [3.63, 3.8) is 0 Å². The van der Waals surface area contributed by atoms with Gasteiger partial charge >= 0.3 is 0 Å². The lowest BCUT2D eigenvalue weighted by atomic mass is 10.1. The second-order valence-electron chi connectivity index (χ2n) is 6.91. The van der Waals surface area contributed by atoms with Crippen LogP contribution in [0.15, 0.2) is 36.7 Å². The van der Waals surface area contributed by atoms with Crippen LogP contribution in [0.25, 0.3) is 5.78 Å². The van der Waals surface area contributed by atoms with E-state index in [1.165, 1.54) is 17.8 Å². The van der Waals surface area contributed by atoms with Crippen molar-refractivity contribution in [2.24, 2.45) is 5.92 Å². The van der Waals surface area contributed by atoms with Gasteiger partial charge in [-0.1, -0.05) is 6.07 Å². The molecule has 1 aliphatic rings. The molecule has 0 radical (unpaired) electrons. The first kappa shape index (κ1) is 16.0. The Kier molecular flexibility index (Phi) is 4.36. The van der Waals surface area contributed by atoms with E-state index in [1.807, 2.05) is 37.5 Å². The van der Waals surface area contributed by atoms with Gasteiger partial charge in [0.25, 0.3) is 0 Å². The molecule has 1 saturated heterocycles. The van der Waals surface area contributed by atoms with E-state index in [0.29, 0.717) is 5.92 Å². The molecule has 3 aromatic heterocycles. The zero-order chi connectivity index (χ0) is 17.2. The van der Waals surface area contributed by atoms with Crippen LogP contribution in [0.1, 0.15) is 23.5 Å². The zero-order valence-electron chi connectivity index (χ0n) is 14.8. The summed E-state index contributed by atoms with van der Waals surface area (Å²) in [6.45, 7) is 8.26. The lowest BCUT2D eigenvalue weighted by Crippen LogP contribution is -2.23. The van der Waals surface area contributed by atoms with Crippen LogP contribution >= 0.6 is 0 Å². The number of aromatic nitrogens is 4. The van der Waals surface area contributed by atoms with Crippen molar-refractivity contribution in [1.82, 2.24) is 24.3 Å². The summed E-state index contributed by atoms with van der Waals surface area (Å²) in [6, 6.07) is 8.08. The van der Waals surface area contributed by atoms with E-state index >= 15 is 0 Å². The number of nitrogens with zero attached hydrogens (tertiary/aromatic N) is 5. The standard InChI is InChI=1S/C19H24N6/c1-14-9-15(2)25-17(11-22-19(25)23-14)13-24-8-6-16(12-24)10-21-18-5-3-4-7-20-18/h3-5,7,9,11,16H,6,8,10,12-13H2,1-2H3,(H,20,21). The zero-order valence-corrected chi connectivity index (χ0v) is 14.8. The Balaban J connectivity index is 1.38. The topological polar surface area (TPSA) is 58.4 Å². The summed E-state index contributed by atoms with van der Waals surface area (Å²) in [6.07, 6.45) is 5.01. The quantitative estimate of drug-likeness (QED) is 0.776. The fourth-order valence-electron chi connectivity index (χ4n) is 3.68. The molecule has 0 aliphatic carbocycles. The fraction of sp³-hybridized carbons (Fsp3) is 0.421. The second kappa shape index (κ2) is 6.80. The van der Waals surface area contributed by atoms with E-state index in [4.69, 9.17) is 0 Å². The molecule has 1 unspecified atom stereocenters. The van der Waals surface area contributed by atoms with Crippen molar-refractivity contribution in [2.75, 3.05) is 25.0 Å². The first-order valence-electron chi connectivity index (χ1n) is 8.87. The molecule has 4 rings (SSSR count). The first-order valence-corrected chi connectivity index (χ1v) is 8.87. The van der Waals surface area contributed by atoms with Crippen LogP contribution in [-0.2, 0) is 6.54 Å². The number of imidazole rings is 1. The molecule has 0 aromatic carbocycles. The average molecular weight is 336 g/mol. The Bertz CT molecular complexity index is 857. The lowest BCUT2D eigenvalue weighted by molar-refractivity contribution is 0.314. The second-order valence-corrected chi connectivity index (χ2v) is 6.91. The predicted octanol–water partition coefficient (Wildman–Crippen LogP) is 2.68. The maximum atomic E-state index is 4.53. The normalized spacial score (nSPS) is 18.1. The molecule has 1 atom stereocenters. The third-order valence-corrected chi connectivity index (χ3v) is 4.86. The third-order valence-electron chi connectivity index (χ3n) is 4.86. The molecule has 1 aliphatic heterocycles. The van der Waals surface area contributed by atoms with Crippen molar-refractivity contribution >= 4 is 11.6 Å². The summed E-state index contributed by atoms with van der Waals surface area (Å²) in [5.74, 6) is 2.42. The van der Waals surface area contributed by atoms with Gasteiger partial charge in [-0.25, -0.2) is 15.0 Å². The summed E-state index contributed by atoms with van der Waals surface area (Å²) in [5, 5.41) is 3.45. The van der Waals surface area contributed by atoms with E-state index in [0.717, 1.165) is 43.5 Å². The Hall–Kier alpha value is -2.47. The number of aryl methyl sites for hydroxylation is 2. The van der Waals surface area contributed by atoms with E-state index in [-0.39, 0.29) is 0 Å². The number of hydrogen-bond donors (Lipinski definition) is 1. The number of pyridine rings is 1. The van der Waals surface area contributed by atoms with E-state index < -0.39 is 0 Å². The number of hydrogen-bond acceptors (Lipinski definition) is 5. The summed E-state index contributed by atoms with van der Waals surface area (Å²) in [7, 11) is 0. The predicted molar refractivity (Wildman–Crippen MR) is 98.6 cm³/mol. The Morgan fingerprint density at radius 2 is 2.16 bits per heavy atom. The van der Waals surface area contributed by atoms with Crippen LogP contribution in [0.3, 0.4) is 0 Å². The molecule has 3 aromatic rings. The molecular formula is C19H24N6. The highest BCUT2D eigenvalue weighted by atomic mass is 15.2. The van der Waals surface area contributed by atoms with Gasteiger partial charge in [-0.05, 0) is 50.9 Å². The largest absolute Gasteiger partial charge is 0.370 e. The van der Waals surface area contributed by atoms with E-state index in [9.17, 15) is 0 Å². The molecule has 0 bridgehead atoms. The van der Waals surface area contributed by atoms with Crippen LogP contribution in [-0.4, -0.2) is 43.9 Å². The number of nitrogens with one attached hydrogen (secondary N) is 1. The molecule has 4 heterocycles. The van der Waals surface area contributed by atoms with Gasteiger partial charge in [-0.2, -0.15) is 0 Å². The highest BCUT2D eigenvalue weighted by molar-refractivity contribution is 5.35. The van der Waals surface area contributed by atoms with Gasteiger partial charge in [-0.3, -0.25) is 9.30 Å². The van der Waals surface area contributed by atoms with Crippen molar-refractivity contribution < 1.29 is 0 Å². The molecule has 130 valence electrons. The minimum atomic E-state index is 0.655. The summed E-state index contributed by atoms with van der Waals surface area (Å²) in [4.78, 5) is 15.8. The molecule has 0 saturated carbocycles. The number of rotatable bonds is 5. The first-order chi connectivity index (χ1) is 12.2. The minimum absolute atomic E-state index is 0.655. The van der Waals surface area contributed by atoms with E-state index in [2.05, 4.69) is 42.6 Å². The number of anilines is 1. The summed E-state index contributed by atoms with van der Waals surface area (Å²) < 4.78 is 2.17. The van der Waals surface area contributed by atoms with Gasteiger partial charge in [0.15, 0.2) is 0 Å². The van der Waals surface area contributed by atoms with Gasteiger partial charge in [0.1, 0.15) is 5.82 Å². The Labute approximate surface area is 147 Å². The van der Waals surface area contributed by atoms with Gasteiger partial charge in [-0.15, -0.1) is 0 Å². The Morgan fingerprint density at radius 1 is 1.24 bits per heavy atom.